The minimum absolute atomic E-state index is 0.0120. The van der Waals surface area contributed by atoms with Crippen LogP contribution in [0, 0.1) is 6.92 Å². The Kier molecular flexibility index (Phi) is 6.80. The first kappa shape index (κ1) is 27.0. The predicted octanol–water partition coefficient (Wildman–Crippen LogP) is 5.53. The number of aryl methyl sites for hydroxylation is 1. The van der Waals surface area contributed by atoms with E-state index in [9.17, 15) is 18.0 Å². The second-order valence-corrected chi connectivity index (χ2v) is 10.5. The van der Waals surface area contributed by atoms with Gasteiger partial charge in [0.1, 0.15) is 11.9 Å². The molecule has 0 radical (unpaired) electrons. The Hall–Kier alpha value is -4.19. The number of nitrogens with one attached hydrogen (secondary N) is 1. The molecule has 1 saturated heterocycles. The standard InChI is InChI=1S/C29H31F3N8O/c1-4-22(5-2)37-8-9-38-23-10-19(13-33-15-23)26-16-39(40(26)27(38)17-37)25-12-21(14-35-18(25)3)36-28(41)24-11-20(6-7-34-24)29(30,31)32/h6-7,10-16,22,27H,4-5,8-9,17H2,1-3H3,(H,36,41). The molecule has 2 aliphatic rings. The van der Waals surface area contributed by atoms with E-state index in [1.54, 1.807) is 6.07 Å². The van der Waals surface area contributed by atoms with Crippen LogP contribution in [0.4, 0.5) is 24.5 Å². The Labute approximate surface area is 235 Å². The van der Waals surface area contributed by atoms with E-state index in [0.29, 0.717) is 11.7 Å². The van der Waals surface area contributed by atoms with Gasteiger partial charge in [0.15, 0.2) is 0 Å². The summed E-state index contributed by atoms with van der Waals surface area (Å²) >= 11 is 0. The molecule has 1 unspecified atom stereocenters. The third kappa shape index (κ3) is 4.86. The van der Waals surface area contributed by atoms with E-state index in [-0.39, 0.29) is 11.9 Å². The Morgan fingerprint density at radius 2 is 1.90 bits per heavy atom. The molecular weight excluding hydrogens is 533 g/mol. The van der Waals surface area contributed by atoms with Gasteiger partial charge in [0.05, 0.1) is 52.6 Å². The van der Waals surface area contributed by atoms with Gasteiger partial charge in [0, 0.05) is 43.6 Å². The predicted molar refractivity (Wildman–Crippen MR) is 149 cm³/mol. The second-order valence-electron chi connectivity index (χ2n) is 10.5. The fourth-order valence-corrected chi connectivity index (χ4v) is 5.90. The topological polar surface area (TPSA) is 84.1 Å². The molecule has 9 nitrogen and oxygen atoms in total. The van der Waals surface area contributed by atoms with Gasteiger partial charge < -0.3 is 10.2 Å². The van der Waals surface area contributed by atoms with Crippen molar-refractivity contribution in [1.29, 1.82) is 0 Å². The molecule has 214 valence electrons. The number of hydrogen-bond acceptors (Lipinski definition) is 6. The molecule has 12 heteroatoms. The van der Waals surface area contributed by atoms with Crippen LogP contribution >= 0.6 is 0 Å². The van der Waals surface area contributed by atoms with Gasteiger partial charge in [0.25, 0.3) is 5.91 Å². The molecule has 1 atom stereocenters. The Morgan fingerprint density at radius 3 is 2.66 bits per heavy atom. The monoisotopic (exact) mass is 564 g/mol. The molecule has 0 aromatic carbocycles. The highest BCUT2D eigenvalue weighted by molar-refractivity contribution is 6.03. The quantitative estimate of drug-likeness (QED) is 0.332. The van der Waals surface area contributed by atoms with Gasteiger partial charge >= 0.3 is 6.18 Å². The molecule has 2 bridgehead atoms. The molecule has 1 amide bonds. The molecular formula is C29H31F3N8O. The van der Waals surface area contributed by atoms with Crippen LogP contribution in [0.5, 0.6) is 0 Å². The number of anilines is 2. The van der Waals surface area contributed by atoms with E-state index >= 15 is 0 Å². The lowest BCUT2D eigenvalue weighted by Gasteiger charge is -2.47. The summed E-state index contributed by atoms with van der Waals surface area (Å²) in [6.07, 6.45) is 5.87. The second kappa shape index (κ2) is 10.3. The number of halogens is 3. The van der Waals surface area contributed by atoms with E-state index in [0.717, 1.165) is 79.1 Å². The minimum Gasteiger partial charge on any atom is -0.346 e. The highest BCUT2D eigenvalue weighted by atomic mass is 19.4. The van der Waals surface area contributed by atoms with Crippen molar-refractivity contribution in [2.24, 2.45) is 0 Å². The lowest BCUT2D eigenvalue weighted by atomic mass is 10.1. The Bertz CT molecular complexity index is 1590. The first-order valence-electron chi connectivity index (χ1n) is 13.8. The number of hydrogen-bond donors (Lipinski definition) is 1. The molecule has 1 fully saturated rings. The lowest BCUT2D eigenvalue weighted by Crippen LogP contribution is -2.55. The summed E-state index contributed by atoms with van der Waals surface area (Å²) in [6.45, 7) is 9.00. The van der Waals surface area contributed by atoms with Gasteiger partial charge in [-0.25, -0.2) is 0 Å². The van der Waals surface area contributed by atoms with Crippen LogP contribution < -0.4 is 10.2 Å². The average molecular weight is 565 g/mol. The van der Waals surface area contributed by atoms with Crippen LogP contribution in [-0.2, 0) is 6.18 Å². The van der Waals surface area contributed by atoms with Gasteiger partial charge in [-0.05, 0) is 44.0 Å². The molecule has 4 aromatic rings. The van der Waals surface area contributed by atoms with Crippen molar-refractivity contribution in [1.82, 2.24) is 29.2 Å². The van der Waals surface area contributed by atoms with Gasteiger partial charge in [-0.1, -0.05) is 13.8 Å². The maximum Gasteiger partial charge on any atom is 0.416 e. The molecule has 4 aromatic heterocycles. The van der Waals surface area contributed by atoms with Crippen molar-refractivity contribution in [3.8, 4) is 16.9 Å². The zero-order valence-corrected chi connectivity index (χ0v) is 23.1. The number of piperazine rings is 1. The summed E-state index contributed by atoms with van der Waals surface area (Å²) in [5.41, 5.74) is 3.73. The van der Waals surface area contributed by atoms with Crippen molar-refractivity contribution >= 4 is 17.3 Å². The maximum atomic E-state index is 13.2. The van der Waals surface area contributed by atoms with E-state index in [1.807, 2.05) is 30.2 Å². The third-order valence-corrected chi connectivity index (χ3v) is 8.09. The summed E-state index contributed by atoms with van der Waals surface area (Å²) in [7, 11) is 0. The van der Waals surface area contributed by atoms with Crippen molar-refractivity contribution in [2.75, 3.05) is 29.9 Å². The highest BCUT2D eigenvalue weighted by Crippen LogP contribution is 2.40. The molecule has 2 aliphatic heterocycles. The third-order valence-electron chi connectivity index (χ3n) is 8.09. The van der Waals surface area contributed by atoms with Crippen molar-refractivity contribution < 1.29 is 18.0 Å². The smallest absolute Gasteiger partial charge is 0.346 e. The van der Waals surface area contributed by atoms with E-state index < -0.39 is 17.6 Å². The molecule has 6 heterocycles. The summed E-state index contributed by atoms with van der Waals surface area (Å²) in [4.78, 5) is 30.6. The normalized spacial score (nSPS) is 16.9. The van der Waals surface area contributed by atoms with E-state index in [4.69, 9.17) is 0 Å². The number of rotatable bonds is 6. The minimum atomic E-state index is -4.57. The van der Waals surface area contributed by atoms with Crippen molar-refractivity contribution in [3.05, 3.63) is 72.2 Å². The van der Waals surface area contributed by atoms with Gasteiger partial charge in [-0.2, -0.15) is 13.2 Å². The number of fused-ring (bicyclic) bond motifs is 7. The fraction of sp³-hybridized carbons (Fsp3) is 0.379. The van der Waals surface area contributed by atoms with Crippen LogP contribution in [0.2, 0.25) is 0 Å². The van der Waals surface area contributed by atoms with E-state index in [1.165, 1.54) is 6.20 Å². The van der Waals surface area contributed by atoms with Gasteiger partial charge in [0.2, 0.25) is 0 Å². The first-order valence-corrected chi connectivity index (χ1v) is 13.8. The number of pyridine rings is 3. The molecule has 41 heavy (non-hydrogen) atoms. The fourth-order valence-electron chi connectivity index (χ4n) is 5.90. The zero-order valence-electron chi connectivity index (χ0n) is 23.1. The summed E-state index contributed by atoms with van der Waals surface area (Å²) < 4.78 is 43.8. The summed E-state index contributed by atoms with van der Waals surface area (Å²) in [5, 5.41) is 2.66. The van der Waals surface area contributed by atoms with E-state index in [2.05, 4.69) is 54.7 Å². The van der Waals surface area contributed by atoms with Crippen LogP contribution in [0.15, 0.2) is 55.2 Å². The summed E-state index contributed by atoms with van der Waals surface area (Å²) in [6, 6.07) is 6.02. The van der Waals surface area contributed by atoms with Crippen LogP contribution in [0.3, 0.4) is 0 Å². The number of amides is 1. The van der Waals surface area contributed by atoms with Gasteiger partial charge in [-0.15, -0.1) is 0 Å². The molecule has 6 rings (SSSR count). The average Bonchev–Trinajstić information content (AvgIpc) is 3.00. The zero-order chi connectivity index (χ0) is 28.9. The Balaban J connectivity index is 1.34. The van der Waals surface area contributed by atoms with Crippen molar-refractivity contribution in [2.45, 2.75) is 52.0 Å². The Morgan fingerprint density at radius 1 is 1.10 bits per heavy atom. The van der Waals surface area contributed by atoms with Crippen LogP contribution in [-0.4, -0.2) is 60.8 Å². The van der Waals surface area contributed by atoms with Crippen LogP contribution in [0.1, 0.15) is 54.6 Å². The van der Waals surface area contributed by atoms with Crippen LogP contribution in [0.25, 0.3) is 16.9 Å². The number of carbonyl (C=O) groups is 1. The largest absolute Gasteiger partial charge is 0.416 e. The van der Waals surface area contributed by atoms with Crippen molar-refractivity contribution in [3.63, 3.8) is 0 Å². The highest BCUT2D eigenvalue weighted by Gasteiger charge is 2.37. The lowest BCUT2D eigenvalue weighted by molar-refractivity contribution is -0.137. The molecule has 0 spiro atoms. The SMILES string of the molecule is CCC(CC)N1CCN2c3cncc(c3)-c3cn(-c4cc(NC(=O)c5cc(C(F)(F)F)ccn5)cnc4C)n3C2C1. The summed E-state index contributed by atoms with van der Waals surface area (Å²) in [5.74, 6) is -0.747. The first-order chi connectivity index (χ1) is 19.7. The number of alkyl halides is 3. The number of aromatic nitrogens is 5. The number of carbonyl (C=O) groups excluding carboxylic acids is 1. The molecule has 1 N–H and O–H groups in total. The molecule has 0 saturated carbocycles. The van der Waals surface area contributed by atoms with Gasteiger partial charge in [-0.3, -0.25) is 34.0 Å². The number of nitrogens with zero attached hydrogens (tertiary/aromatic N) is 7. The molecule has 0 aliphatic carbocycles. The maximum absolute atomic E-state index is 13.2.